The van der Waals surface area contributed by atoms with Crippen molar-refractivity contribution in [1.29, 1.82) is 0 Å². The van der Waals surface area contributed by atoms with Crippen molar-refractivity contribution in [2.45, 2.75) is 39.4 Å². The molecule has 0 aliphatic heterocycles. The van der Waals surface area contributed by atoms with Crippen LogP contribution in [0.5, 0.6) is 0 Å². The van der Waals surface area contributed by atoms with Crippen molar-refractivity contribution in [1.82, 2.24) is 14.9 Å². The Bertz CT molecular complexity index is 765. The minimum atomic E-state index is 0.755. The summed E-state index contributed by atoms with van der Waals surface area (Å²) in [5.74, 6) is 1.08. The first-order valence-electron chi connectivity index (χ1n) is 8.17. The summed E-state index contributed by atoms with van der Waals surface area (Å²) >= 11 is 6.16. The molecule has 3 nitrogen and oxygen atoms in total. The van der Waals surface area contributed by atoms with E-state index < -0.39 is 0 Å². The highest BCUT2D eigenvalue weighted by Gasteiger charge is 2.10. The maximum atomic E-state index is 6.16. The lowest BCUT2D eigenvalue weighted by Gasteiger charge is -2.10. The van der Waals surface area contributed by atoms with Crippen LogP contribution in [0.25, 0.3) is 11.0 Å². The highest BCUT2D eigenvalue weighted by Crippen LogP contribution is 2.21. The average molecular weight is 328 g/mol. The molecule has 0 spiro atoms. The second-order valence-electron chi connectivity index (χ2n) is 5.76. The zero-order chi connectivity index (χ0) is 16.1. The molecule has 1 aromatic heterocycles. The number of nitrogens with zero attached hydrogens (tertiary/aromatic N) is 2. The number of unbranched alkanes of at least 4 members (excludes halogenated alkanes) is 1. The van der Waals surface area contributed by atoms with Crippen LogP contribution in [0.4, 0.5) is 0 Å². The lowest BCUT2D eigenvalue weighted by atomic mass is 10.2. The van der Waals surface area contributed by atoms with Crippen LogP contribution in [0.3, 0.4) is 0 Å². The topological polar surface area (TPSA) is 29.9 Å². The van der Waals surface area contributed by atoms with Gasteiger partial charge in [0.1, 0.15) is 5.82 Å². The molecular weight excluding hydrogens is 306 g/mol. The molecule has 3 aromatic rings. The van der Waals surface area contributed by atoms with Gasteiger partial charge in [-0.1, -0.05) is 55.3 Å². The zero-order valence-corrected chi connectivity index (χ0v) is 14.2. The Hall–Kier alpha value is -1.84. The van der Waals surface area contributed by atoms with E-state index in [4.69, 9.17) is 16.6 Å². The van der Waals surface area contributed by atoms with Gasteiger partial charge in [-0.15, -0.1) is 0 Å². The van der Waals surface area contributed by atoms with Crippen molar-refractivity contribution in [3.8, 4) is 0 Å². The normalized spacial score (nSPS) is 11.2. The standard InChI is InChI=1S/C19H22ClN3/c1-2-3-11-23-18-12-16(20)9-10-17(18)22-19(23)14-21-13-15-7-5-4-6-8-15/h4-10,12,21H,2-3,11,13-14H2,1H3. The van der Waals surface area contributed by atoms with Gasteiger partial charge in [0.05, 0.1) is 17.6 Å². The van der Waals surface area contributed by atoms with E-state index in [0.29, 0.717) is 0 Å². The highest BCUT2D eigenvalue weighted by atomic mass is 35.5. The first-order valence-corrected chi connectivity index (χ1v) is 8.55. The number of nitrogens with one attached hydrogen (secondary N) is 1. The number of hydrogen-bond acceptors (Lipinski definition) is 2. The Balaban J connectivity index is 1.78. The van der Waals surface area contributed by atoms with Gasteiger partial charge in [0, 0.05) is 18.1 Å². The van der Waals surface area contributed by atoms with Crippen LogP contribution in [-0.2, 0) is 19.6 Å². The van der Waals surface area contributed by atoms with E-state index in [9.17, 15) is 0 Å². The summed E-state index contributed by atoms with van der Waals surface area (Å²) in [7, 11) is 0. The lowest BCUT2D eigenvalue weighted by molar-refractivity contribution is 0.580. The quantitative estimate of drug-likeness (QED) is 0.676. The predicted molar refractivity (Wildman–Crippen MR) is 96.6 cm³/mol. The predicted octanol–water partition coefficient (Wildman–Crippen LogP) is 4.78. The summed E-state index contributed by atoms with van der Waals surface area (Å²) < 4.78 is 2.29. The zero-order valence-electron chi connectivity index (χ0n) is 13.4. The fourth-order valence-electron chi connectivity index (χ4n) is 2.76. The number of hydrogen-bond donors (Lipinski definition) is 1. The van der Waals surface area contributed by atoms with Gasteiger partial charge in [-0.3, -0.25) is 0 Å². The van der Waals surface area contributed by atoms with Gasteiger partial charge in [-0.05, 0) is 30.2 Å². The van der Waals surface area contributed by atoms with Crippen LogP contribution in [0.1, 0.15) is 31.2 Å². The van der Waals surface area contributed by atoms with E-state index >= 15 is 0 Å². The van der Waals surface area contributed by atoms with E-state index in [-0.39, 0.29) is 0 Å². The SMILES string of the molecule is CCCCn1c(CNCc2ccccc2)nc2ccc(Cl)cc21. The van der Waals surface area contributed by atoms with Gasteiger partial charge < -0.3 is 9.88 Å². The summed E-state index contributed by atoms with van der Waals surface area (Å²) in [6.45, 7) is 4.79. The lowest BCUT2D eigenvalue weighted by Crippen LogP contribution is -2.17. The van der Waals surface area contributed by atoms with Crippen LogP contribution in [0.15, 0.2) is 48.5 Å². The van der Waals surface area contributed by atoms with Crippen LogP contribution in [-0.4, -0.2) is 9.55 Å². The van der Waals surface area contributed by atoms with Gasteiger partial charge in [0.25, 0.3) is 0 Å². The van der Waals surface area contributed by atoms with Crippen molar-refractivity contribution in [2.24, 2.45) is 0 Å². The van der Waals surface area contributed by atoms with E-state index in [1.807, 2.05) is 24.3 Å². The van der Waals surface area contributed by atoms with Gasteiger partial charge in [-0.2, -0.15) is 0 Å². The summed E-state index contributed by atoms with van der Waals surface area (Å²) in [6, 6.07) is 16.4. The van der Waals surface area contributed by atoms with Crippen LogP contribution >= 0.6 is 11.6 Å². The Kier molecular flexibility index (Phi) is 5.31. The Morgan fingerprint density at radius 3 is 2.70 bits per heavy atom. The van der Waals surface area contributed by atoms with Gasteiger partial charge >= 0.3 is 0 Å². The number of imidazole rings is 1. The molecule has 0 fully saturated rings. The maximum absolute atomic E-state index is 6.16. The number of aromatic nitrogens is 2. The van der Waals surface area contributed by atoms with Crippen LogP contribution < -0.4 is 5.32 Å². The van der Waals surface area contributed by atoms with E-state index in [2.05, 4.69) is 41.1 Å². The largest absolute Gasteiger partial charge is 0.327 e. The fourth-order valence-corrected chi connectivity index (χ4v) is 2.93. The third-order valence-corrected chi connectivity index (χ3v) is 4.21. The Labute approximate surface area is 142 Å². The fraction of sp³-hybridized carbons (Fsp3) is 0.316. The molecule has 0 aliphatic carbocycles. The first-order chi connectivity index (χ1) is 11.3. The molecule has 0 bridgehead atoms. The summed E-state index contributed by atoms with van der Waals surface area (Å²) in [4.78, 5) is 4.78. The molecule has 1 N–H and O–H groups in total. The van der Waals surface area contributed by atoms with Gasteiger partial charge in [0.15, 0.2) is 0 Å². The third-order valence-electron chi connectivity index (χ3n) is 3.98. The smallest absolute Gasteiger partial charge is 0.123 e. The number of fused-ring (bicyclic) bond motifs is 1. The third kappa shape index (κ3) is 3.92. The molecule has 3 rings (SSSR count). The minimum Gasteiger partial charge on any atom is -0.327 e. The molecule has 2 aromatic carbocycles. The molecule has 0 aliphatic rings. The molecule has 4 heteroatoms. The number of benzene rings is 2. The van der Waals surface area contributed by atoms with Crippen molar-refractivity contribution in [2.75, 3.05) is 0 Å². The second-order valence-corrected chi connectivity index (χ2v) is 6.19. The molecule has 0 atom stereocenters. The first kappa shape index (κ1) is 16.0. The molecule has 0 saturated carbocycles. The number of rotatable bonds is 7. The maximum Gasteiger partial charge on any atom is 0.123 e. The summed E-state index contributed by atoms with van der Waals surface area (Å²) in [5, 5.41) is 4.26. The molecule has 23 heavy (non-hydrogen) atoms. The van der Waals surface area contributed by atoms with E-state index in [0.717, 1.165) is 54.4 Å². The highest BCUT2D eigenvalue weighted by molar-refractivity contribution is 6.31. The average Bonchev–Trinajstić information content (AvgIpc) is 2.91. The number of aryl methyl sites for hydroxylation is 1. The number of halogens is 1. The van der Waals surface area contributed by atoms with Crippen LogP contribution in [0.2, 0.25) is 5.02 Å². The summed E-state index contributed by atoms with van der Waals surface area (Å²) in [5.41, 5.74) is 3.43. The molecule has 0 saturated heterocycles. The molecule has 0 unspecified atom stereocenters. The van der Waals surface area contributed by atoms with E-state index in [1.165, 1.54) is 5.56 Å². The van der Waals surface area contributed by atoms with Gasteiger partial charge in [-0.25, -0.2) is 4.98 Å². The molecular formula is C19H22ClN3. The van der Waals surface area contributed by atoms with Gasteiger partial charge in [0.2, 0.25) is 0 Å². The molecule has 1 heterocycles. The van der Waals surface area contributed by atoms with Crippen molar-refractivity contribution in [3.63, 3.8) is 0 Å². The van der Waals surface area contributed by atoms with Crippen molar-refractivity contribution in [3.05, 3.63) is 64.9 Å². The Morgan fingerprint density at radius 1 is 1.09 bits per heavy atom. The molecule has 0 amide bonds. The second kappa shape index (κ2) is 7.62. The minimum absolute atomic E-state index is 0.755. The van der Waals surface area contributed by atoms with Crippen LogP contribution in [0, 0.1) is 0 Å². The van der Waals surface area contributed by atoms with E-state index in [1.54, 1.807) is 0 Å². The monoisotopic (exact) mass is 327 g/mol. The summed E-state index contributed by atoms with van der Waals surface area (Å²) in [6.07, 6.45) is 2.31. The molecule has 0 radical (unpaired) electrons. The Morgan fingerprint density at radius 2 is 1.91 bits per heavy atom. The van der Waals surface area contributed by atoms with Crippen molar-refractivity contribution >= 4 is 22.6 Å². The van der Waals surface area contributed by atoms with Crippen molar-refractivity contribution < 1.29 is 0 Å². The molecule has 120 valence electrons.